The minimum Gasteiger partial charge on any atom is -0.454 e. The molecular weight excluding hydrogens is 256 g/mol. The number of carbonyl (C=O) groups excluding carboxylic acids is 1. The van der Waals surface area contributed by atoms with E-state index in [-0.39, 0.29) is 18.7 Å². The Balaban J connectivity index is 1.93. The Bertz CT molecular complexity index is 476. The largest absolute Gasteiger partial charge is 0.454 e. The van der Waals surface area contributed by atoms with Gasteiger partial charge in [-0.15, -0.1) is 0 Å². The Hall–Kier alpha value is -1.75. The molecule has 0 saturated heterocycles. The van der Waals surface area contributed by atoms with Crippen LogP contribution < -0.4 is 14.8 Å². The van der Waals surface area contributed by atoms with Gasteiger partial charge >= 0.3 is 0 Å². The number of hydrogen-bond acceptors (Lipinski definition) is 4. The second kappa shape index (κ2) is 6.61. The van der Waals surface area contributed by atoms with Crippen LogP contribution in [0.5, 0.6) is 11.5 Å². The zero-order valence-electron chi connectivity index (χ0n) is 12.3. The third-order valence-electron chi connectivity index (χ3n) is 3.55. The van der Waals surface area contributed by atoms with Crippen molar-refractivity contribution in [2.45, 2.75) is 32.7 Å². The minimum atomic E-state index is -0.160. The molecule has 5 heteroatoms. The van der Waals surface area contributed by atoms with Gasteiger partial charge in [0.05, 0.1) is 6.04 Å². The number of nitrogens with zero attached hydrogens (tertiary/aromatic N) is 1. The van der Waals surface area contributed by atoms with Gasteiger partial charge < -0.3 is 14.8 Å². The zero-order valence-corrected chi connectivity index (χ0v) is 12.3. The lowest BCUT2D eigenvalue weighted by Gasteiger charge is -2.23. The Labute approximate surface area is 119 Å². The van der Waals surface area contributed by atoms with Crippen LogP contribution in [0.4, 0.5) is 5.69 Å². The Morgan fingerprint density at radius 2 is 2.15 bits per heavy atom. The van der Waals surface area contributed by atoms with Gasteiger partial charge in [-0.2, -0.15) is 0 Å². The number of fused-ring (bicyclic) bond motifs is 1. The van der Waals surface area contributed by atoms with Gasteiger partial charge in [0.25, 0.3) is 0 Å². The summed E-state index contributed by atoms with van der Waals surface area (Å²) in [6.45, 7) is 5.22. The Kier molecular flexibility index (Phi) is 4.84. The second-order valence-electron chi connectivity index (χ2n) is 5.07. The maximum atomic E-state index is 12.2. The third-order valence-corrected chi connectivity index (χ3v) is 3.55. The van der Waals surface area contributed by atoms with Crippen molar-refractivity contribution < 1.29 is 14.3 Å². The van der Waals surface area contributed by atoms with E-state index in [0.717, 1.165) is 30.8 Å². The van der Waals surface area contributed by atoms with E-state index < -0.39 is 0 Å². The summed E-state index contributed by atoms with van der Waals surface area (Å²) in [5.41, 5.74) is 0.731. The zero-order chi connectivity index (χ0) is 14.5. The molecule has 1 amide bonds. The minimum absolute atomic E-state index is 0.0116. The first kappa shape index (κ1) is 14.7. The summed E-state index contributed by atoms with van der Waals surface area (Å²) < 4.78 is 10.5. The van der Waals surface area contributed by atoms with Gasteiger partial charge in [-0.3, -0.25) is 9.69 Å². The summed E-state index contributed by atoms with van der Waals surface area (Å²) in [5.74, 6) is 1.38. The average molecular weight is 278 g/mol. The van der Waals surface area contributed by atoms with Gasteiger partial charge in [-0.1, -0.05) is 13.3 Å². The van der Waals surface area contributed by atoms with Crippen LogP contribution in [0.2, 0.25) is 0 Å². The first-order chi connectivity index (χ1) is 9.61. The number of carbonyl (C=O) groups is 1. The Morgan fingerprint density at radius 1 is 1.40 bits per heavy atom. The number of ether oxygens (including phenoxy) is 2. The van der Waals surface area contributed by atoms with Crippen molar-refractivity contribution in [3.63, 3.8) is 0 Å². The van der Waals surface area contributed by atoms with Gasteiger partial charge in [0.2, 0.25) is 12.7 Å². The standard InChI is InChI=1S/C15H22N2O3/c1-4-5-8-17(3)11(2)15(18)16-12-6-7-13-14(9-12)20-10-19-13/h6-7,9,11H,4-5,8,10H2,1-3H3,(H,16,18). The maximum absolute atomic E-state index is 12.2. The molecule has 110 valence electrons. The molecule has 0 radical (unpaired) electrons. The molecule has 1 aromatic rings. The molecule has 1 aliphatic rings. The molecule has 0 spiro atoms. The van der Waals surface area contributed by atoms with Crippen molar-refractivity contribution in [3.05, 3.63) is 18.2 Å². The highest BCUT2D eigenvalue weighted by molar-refractivity contribution is 5.94. The molecular formula is C15H22N2O3. The molecule has 1 aliphatic heterocycles. The van der Waals surface area contributed by atoms with Crippen molar-refractivity contribution in [2.75, 3.05) is 25.7 Å². The molecule has 5 nitrogen and oxygen atoms in total. The molecule has 20 heavy (non-hydrogen) atoms. The van der Waals surface area contributed by atoms with E-state index in [4.69, 9.17) is 9.47 Å². The van der Waals surface area contributed by atoms with Crippen LogP contribution in [-0.4, -0.2) is 37.2 Å². The molecule has 0 fully saturated rings. The van der Waals surface area contributed by atoms with Gasteiger partial charge in [0.1, 0.15) is 0 Å². The van der Waals surface area contributed by atoms with Gasteiger partial charge in [0.15, 0.2) is 11.5 Å². The lowest BCUT2D eigenvalue weighted by atomic mass is 10.2. The summed E-state index contributed by atoms with van der Waals surface area (Å²) in [5, 5.41) is 2.91. The number of anilines is 1. The second-order valence-corrected chi connectivity index (χ2v) is 5.07. The first-order valence-corrected chi connectivity index (χ1v) is 7.02. The Morgan fingerprint density at radius 3 is 2.90 bits per heavy atom. The van der Waals surface area contributed by atoms with E-state index in [1.165, 1.54) is 0 Å². The number of hydrogen-bond donors (Lipinski definition) is 1. The van der Waals surface area contributed by atoms with Gasteiger partial charge in [-0.25, -0.2) is 0 Å². The topological polar surface area (TPSA) is 50.8 Å². The molecule has 0 bridgehead atoms. The van der Waals surface area contributed by atoms with E-state index in [1.807, 2.05) is 26.1 Å². The molecule has 1 heterocycles. The first-order valence-electron chi connectivity index (χ1n) is 7.02. The van der Waals surface area contributed by atoms with Crippen LogP contribution in [0, 0.1) is 0 Å². The van der Waals surface area contributed by atoms with Gasteiger partial charge in [0, 0.05) is 11.8 Å². The number of nitrogens with one attached hydrogen (secondary N) is 1. The molecule has 1 unspecified atom stereocenters. The van der Waals surface area contributed by atoms with Crippen molar-refractivity contribution in [1.29, 1.82) is 0 Å². The maximum Gasteiger partial charge on any atom is 0.241 e. The summed E-state index contributed by atoms with van der Waals surface area (Å²) in [4.78, 5) is 14.3. The van der Waals surface area contributed by atoms with Crippen LogP contribution in [-0.2, 0) is 4.79 Å². The predicted molar refractivity (Wildman–Crippen MR) is 78.2 cm³/mol. The van der Waals surface area contributed by atoms with Crippen LogP contribution in [0.1, 0.15) is 26.7 Å². The van der Waals surface area contributed by atoms with E-state index in [0.29, 0.717) is 5.75 Å². The van der Waals surface area contributed by atoms with E-state index in [1.54, 1.807) is 6.07 Å². The van der Waals surface area contributed by atoms with Gasteiger partial charge in [-0.05, 0) is 39.1 Å². The van der Waals surface area contributed by atoms with Crippen molar-refractivity contribution >= 4 is 11.6 Å². The molecule has 0 aliphatic carbocycles. The average Bonchev–Trinajstić information content (AvgIpc) is 2.91. The number of benzene rings is 1. The van der Waals surface area contributed by atoms with Crippen molar-refractivity contribution in [2.24, 2.45) is 0 Å². The quantitative estimate of drug-likeness (QED) is 0.868. The fourth-order valence-electron chi connectivity index (χ4n) is 2.02. The highest BCUT2D eigenvalue weighted by Crippen LogP contribution is 2.34. The number of likely N-dealkylation sites (N-methyl/N-ethyl adjacent to an activating group) is 1. The van der Waals surface area contributed by atoms with Crippen molar-refractivity contribution in [3.8, 4) is 11.5 Å². The van der Waals surface area contributed by atoms with Crippen LogP contribution >= 0.6 is 0 Å². The molecule has 1 N–H and O–H groups in total. The monoisotopic (exact) mass is 278 g/mol. The predicted octanol–water partition coefficient (Wildman–Crippen LogP) is 2.47. The summed E-state index contributed by atoms with van der Waals surface area (Å²) in [7, 11) is 1.97. The van der Waals surface area contributed by atoms with Crippen LogP contribution in [0.3, 0.4) is 0 Å². The van der Waals surface area contributed by atoms with E-state index in [2.05, 4.69) is 17.1 Å². The summed E-state index contributed by atoms with van der Waals surface area (Å²) in [6, 6.07) is 5.26. The number of amides is 1. The molecule has 1 atom stereocenters. The van der Waals surface area contributed by atoms with Crippen molar-refractivity contribution in [1.82, 2.24) is 4.90 Å². The lowest BCUT2D eigenvalue weighted by molar-refractivity contribution is -0.120. The lowest BCUT2D eigenvalue weighted by Crippen LogP contribution is -2.40. The fraction of sp³-hybridized carbons (Fsp3) is 0.533. The molecule has 1 aromatic carbocycles. The number of unbranched alkanes of at least 4 members (excludes halogenated alkanes) is 1. The normalized spacial score (nSPS) is 14.4. The fourth-order valence-corrected chi connectivity index (χ4v) is 2.02. The van der Waals surface area contributed by atoms with Crippen LogP contribution in [0.15, 0.2) is 18.2 Å². The molecule has 0 aromatic heterocycles. The summed E-state index contributed by atoms with van der Waals surface area (Å²) in [6.07, 6.45) is 2.22. The SMILES string of the molecule is CCCCN(C)C(C)C(=O)Nc1ccc2c(c1)OCO2. The van der Waals surface area contributed by atoms with E-state index in [9.17, 15) is 4.79 Å². The van der Waals surface area contributed by atoms with Crippen LogP contribution in [0.25, 0.3) is 0 Å². The highest BCUT2D eigenvalue weighted by atomic mass is 16.7. The molecule has 0 saturated carbocycles. The number of rotatable bonds is 6. The highest BCUT2D eigenvalue weighted by Gasteiger charge is 2.19. The summed E-state index contributed by atoms with van der Waals surface area (Å²) >= 11 is 0. The smallest absolute Gasteiger partial charge is 0.241 e. The van der Waals surface area contributed by atoms with E-state index >= 15 is 0 Å². The molecule has 2 rings (SSSR count). The third kappa shape index (κ3) is 3.42.